The van der Waals surface area contributed by atoms with Crippen molar-refractivity contribution >= 4 is 18.8 Å². The Balaban J connectivity index is 2.71. The number of para-hydroxylation sites is 1. The van der Waals surface area contributed by atoms with Gasteiger partial charge in [-0.15, -0.1) is 0 Å². The van der Waals surface area contributed by atoms with Gasteiger partial charge < -0.3 is 20.9 Å². The minimum atomic E-state index is -0.977. The van der Waals surface area contributed by atoms with Gasteiger partial charge in [-0.25, -0.2) is 0 Å². The summed E-state index contributed by atoms with van der Waals surface area (Å²) in [4.78, 5) is 0. The summed E-state index contributed by atoms with van der Waals surface area (Å²) in [6.45, 7) is 6.98. The van der Waals surface area contributed by atoms with E-state index < -0.39 is 11.2 Å². The molecule has 0 fully saturated rings. The topological polar surface area (TPSA) is 79.3 Å². The van der Waals surface area contributed by atoms with Crippen LogP contribution < -0.4 is 5.73 Å². The van der Waals surface area contributed by atoms with E-state index in [1.165, 1.54) is 0 Å². The molecule has 4 N–H and O–H groups in total. The Morgan fingerprint density at radius 2 is 1.83 bits per heavy atom. The zero-order chi connectivity index (χ0) is 14.0. The summed E-state index contributed by atoms with van der Waals surface area (Å²) in [5.41, 5.74) is 5.63. The molecule has 98 valence electrons. The van der Waals surface area contributed by atoms with Crippen LogP contribution in [-0.4, -0.2) is 29.4 Å². The molecule has 5 heteroatoms. The van der Waals surface area contributed by atoms with Crippen LogP contribution in [0.25, 0.3) is 0 Å². The maximum Gasteiger partial charge on any atom is 0.329 e. The molecule has 0 radical (unpaired) electrons. The van der Waals surface area contributed by atoms with E-state index in [1.807, 2.05) is 12.1 Å². The zero-order valence-electron chi connectivity index (χ0n) is 11.4. The lowest BCUT2D eigenvalue weighted by Crippen LogP contribution is -2.48. The van der Waals surface area contributed by atoms with Crippen molar-refractivity contribution in [2.24, 2.45) is 0 Å². The Bertz CT molecular complexity index is 439. The standard InChI is InChI=1S/C13H21BN2O2/c1-12(2,17)13(3,4)18-14-11(16)9-7-5-6-8-10(9)15/h5-8,14,16-17H,15H2,1-4H3. The molecule has 1 rings (SSSR count). The fourth-order valence-electron chi connectivity index (χ4n) is 1.28. The van der Waals surface area contributed by atoms with Crippen LogP contribution in [-0.2, 0) is 4.65 Å². The second-order valence-corrected chi connectivity index (χ2v) is 5.42. The molecular weight excluding hydrogens is 227 g/mol. The minimum Gasteiger partial charge on any atom is -0.425 e. The molecule has 0 spiro atoms. The third-order valence-corrected chi connectivity index (χ3v) is 3.34. The molecule has 1 aromatic rings. The lowest BCUT2D eigenvalue weighted by atomic mass is 9.81. The first-order valence-corrected chi connectivity index (χ1v) is 5.94. The van der Waals surface area contributed by atoms with E-state index in [-0.39, 0.29) is 7.48 Å². The highest BCUT2D eigenvalue weighted by atomic mass is 16.5. The summed E-state index contributed by atoms with van der Waals surface area (Å²) in [6, 6.07) is 7.21. The third kappa shape index (κ3) is 3.34. The lowest BCUT2D eigenvalue weighted by Gasteiger charge is -2.37. The van der Waals surface area contributed by atoms with Crippen molar-refractivity contribution < 1.29 is 9.76 Å². The fraction of sp³-hybridized carbons (Fsp3) is 0.462. The largest absolute Gasteiger partial charge is 0.425 e. The number of anilines is 1. The van der Waals surface area contributed by atoms with Gasteiger partial charge in [0, 0.05) is 16.9 Å². The second-order valence-electron chi connectivity index (χ2n) is 5.42. The molecule has 4 nitrogen and oxygen atoms in total. The van der Waals surface area contributed by atoms with Crippen molar-refractivity contribution in [2.45, 2.75) is 38.9 Å². The number of nitrogen functional groups attached to an aromatic ring is 1. The van der Waals surface area contributed by atoms with Crippen LogP contribution in [0.5, 0.6) is 0 Å². The van der Waals surface area contributed by atoms with E-state index in [9.17, 15) is 5.11 Å². The van der Waals surface area contributed by atoms with E-state index in [0.717, 1.165) is 0 Å². The molecule has 0 aliphatic rings. The van der Waals surface area contributed by atoms with Gasteiger partial charge in [0.25, 0.3) is 0 Å². The summed E-state index contributed by atoms with van der Waals surface area (Å²) in [7, 11) is 0.116. The molecule has 18 heavy (non-hydrogen) atoms. The number of rotatable bonds is 5. The number of nitrogens with two attached hydrogens (primary N) is 1. The summed E-state index contributed by atoms with van der Waals surface area (Å²) >= 11 is 0. The molecule has 0 saturated carbocycles. The molecule has 0 aromatic heterocycles. The van der Waals surface area contributed by atoms with Crippen LogP contribution in [0.4, 0.5) is 5.69 Å². The first-order valence-electron chi connectivity index (χ1n) is 5.94. The quantitative estimate of drug-likeness (QED) is 0.420. The molecule has 0 saturated heterocycles. The van der Waals surface area contributed by atoms with Crippen molar-refractivity contribution in [1.29, 1.82) is 5.41 Å². The summed E-state index contributed by atoms with van der Waals surface area (Å²) < 4.78 is 5.64. The van der Waals surface area contributed by atoms with Gasteiger partial charge in [-0.1, -0.05) is 18.2 Å². The molecule has 0 aliphatic heterocycles. The molecule has 0 unspecified atom stereocenters. The molecule has 0 heterocycles. The lowest BCUT2D eigenvalue weighted by molar-refractivity contribution is -0.0890. The van der Waals surface area contributed by atoms with Gasteiger partial charge >= 0.3 is 7.48 Å². The SMILES string of the molecule is CC(C)(O)C(C)(C)OBC(=N)c1ccccc1N. The van der Waals surface area contributed by atoms with E-state index >= 15 is 0 Å². The Morgan fingerprint density at radius 3 is 2.33 bits per heavy atom. The minimum absolute atomic E-state index is 0.116. The Labute approximate surface area is 109 Å². The van der Waals surface area contributed by atoms with E-state index in [2.05, 4.69) is 0 Å². The monoisotopic (exact) mass is 248 g/mol. The fourth-order valence-corrected chi connectivity index (χ4v) is 1.28. The van der Waals surface area contributed by atoms with Crippen LogP contribution in [0.2, 0.25) is 0 Å². The summed E-state index contributed by atoms with van der Waals surface area (Å²) in [5.74, 6) is 0. The number of hydrogen-bond acceptors (Lipinski definition) is 4. The highest BCUT2D eigenvalue weighted by molar-refractivity contribution is 6.74. The molecule has 0 amide bonds. The molecule has 0 atom stereocenters. The van der Waals surface area contributed by atoms with Gasteiger partial charge in [-0.05, 0) is 33.8 Å². The molecule has 1 aromatic carbocycles. The van der Waals surface area contributed by atoms with Crippen molar-refractivity contribution in [3.63, 3.8) is 0 Å². The average Bonchev–Trinajstić information content (AvgIpc) is 2.25. The Kier molecular flexibility index (Phi) is 4.19. The van der Waals surface area contributed by atoms with E-state index in [0.29, 0.717) is 16.9 Å². The Hall–Kier alpha value is -1.33. The van der Waals surface area contributed by atoms with Crippen LogP contribution in [0.3, 0.4) is 0 Å². The summed E-state index contributed by atoms with van der Waals surface area (Å²) in [5, 5.41) is 17.9. The van der Waals surface area contributed by atoms with Crippen molar-refractivity contribution in [2.75, 3.05) is 5.73 Å². The summed E-state index contributed by atoms with van der Waals surface area (Å²) in [6.07, 6.45) is 0. The normalized spacial score (nSPS) is 12.3. The zero-order valence-corrected chi connectivity index (χ0v) is 11.4. The van der Waals surface area contributed by atoms with Crippen molar-refractivity contribution in [3.8, 4) is 0 Å². The number of nitrogens with one attached hydrogen (secondary N) is 1. The number of hydrogen-bond donors (Lipinski definition) is 3. The van der Waals surface area contributed by atoms with Crippen LogP contribution in [0.1, 0.15) is 33.3 Å². The van der Waals surface area contributed by atoms with Crippen LogP contribution in [0, 0.1) is 5.41 Å². The van der Waals surface area contributed by atoms with Gasteiger partial charge in [0.15, 0.2) is 0 Å². The average molecular weight is 248 g/mol. The maximum absolute atomic E-state index is 9.96. The Morgan fingerprint density at radius 1 is 1.28 bits per heavy atom. The van der Waals surface area contributed by atoms with Gasteiger partial charge in [-0.3, -0.25) is 0 Å². The van der Waals surface area contributed by atoms with Gasteiger partial charge in [0.05, 0.1) is 11.2 Å². The first-order chi connectivity index (χ1) is 8.15. The van der Waals surface area contributed by atoms with Gasteiger partial charge in [0.1, 0.15) is 0 Å². The van der Waals surface area contributed by atoms with Gasteiger partial charge in [-0.2, -0.15) is 0 Å². The van der Waals surface area contributed by atoms with Gasteiger partial charge in [0.2, 0.25) is 0 Å². The van der Waals surface area contributed by atoms with E-state index in [4.69, 9.17) is 15.8 Å². The second kappa shape index (κ2) is 5.12. The smallest absolute Gasteiger partial charge is 0.329 e. The van der Waals surface area contributed by atoms with Crippen LogP contribution in [0.15, 0.2) is 24.3 Å². The highest BCUT2D eigenvalue weighted by Gasteiger charge is 2.36. The third-order valence-electron chi connectivity index (χ3n) is 3.34. The predicted octanol–water partition coefficient (Wildman–Crippen LogP) is 1.51. The highest BCUT2D eigenvalue weighted by Crippen LogP contribution is 2.24. The molecular formula is C13H21BN2O2. The maximum atomic E-state index is 9.96. The van der Waals surface area contributed by atoms with Crippen LogP contribution >= 0.6 is 0 Å². The predicted molar refractivity (Wildman–Crippen MR) is 76.3 cm³/mol. The van der Waals surface area contributed by atoms with E-state index in [1.54, 1.807) is 39.8 Å². The molecule has 0 bridgehead atoms. The molecule has 0 aliphatic carbocycles. The number of aliphatic hydroxyl groups is 1. The number of benzene rings is 1. The van der Waals surface area contributed by atoms with Crippen molar-refractivity contribution in [3.05, 3.63) is 29.8 Å². The first kappa shape index (κ1) is 14.7. The van der Waals surface area contributed by atoms with Crippen molar-refractivity contribution in [1.82, 2.24) is 0 Å².